The molecule has 1 aliphatic rings. The maximum atomic E-state index is 12.6. The van der Waals surface area contributed by atoms with Crippen LogP contribution < -0.4 is 4.90 Å². The summed E-state index contributed by atoms with van der Waals surface area (Å²) in [6.07, 6.45) is 2.57. The minimum Gasteiger partial charge on any atom is -0.292 e. The Balaban J connectivity index is 1.78. The number of aromatic nitrogens is 2. The first-order valence-electron chi connectivity index (χ1n) is 6.94. The van der Waals surface area contributed by atoms with Gasteiger partial charge in [-0.1, -0.05) is 18.2 Å². The van der Waals surface area contributed by atoms with Gasteiger partial charge in [-0.05, 0) is 42.3 Å². The maximum absolute atomic E-state index is 12.6. The lowest BCUT2D eigenvalue weighted by molar-refractivity contribution is 0.0980. The van der Waals surface area contributed by atoms with Crippen LogP contribution in [0.5, 0.6) is 0 Å². The zero-order valence-electron chi connectivity index (χ0n) is 11.4. The number of hydrogen-bond acceptors (Lipinski definition) is 3. The second kappa shape index (κ2) is 4.66. The highest BCUT2D eigenvalue weighted by atomic mass is 16.2. The number of benzene rings is 1. The topological polar surface area (TPSA) is 46.1 Å². The van der Waals surface area contributed by atoms with Crippen LogP contribution in [0.3, 0.4) is 0 Å². The fourth-order valence-corrected chi connectivity index (χ4v) is 2.74. The molecule has 1 amide bonds. The molecule has 0 saturated carbocycles. The third-order valence-electron chi connectivity index (χ3n) is 3.82. The Kier molecular flexibility index (Phi) is 2.67. The summed E-state index contributed by atoms with van der Waals surface area (Å²) in [5.74, 6) is 0.681. The third-order valence-corrected chi connectivity index (χ3v) is 3.82. The average molecular weight is 275 g/mol. The second-order valence-corrected chi connectivity index (χ2v) is 5.08. The first-order chi connectivity index (χ1) is 10.3. The van der Waals surface area contributed by atoms with Gasteiger partial charge in [0.25, 0.3) is 5.91 Å². The highest BCUT2D eigenvalue weighted by molar-refractivity contribution is 6.08. The molecule has 3 heterocycles. The molecule has 0 unspecified atom stereocenters. The van der Waals surface area contributed by atoms with E-state index >= 15 is 0 Å². The molecule has 0 spiro atoms. The zero-order valence-corrected chi connectivity index (χ0v) is 11.4. The van der Waals surface area contributed by atoms with Crippen LogP contribution in [0, 0.1) is 0 Å². The Morgan fingerprint density at radius 3 is 2.86 bits per heavy atom. The molecule has 4 rings (SSSR count). The van der Waals surface area contributed by atoms with Crippen molar-refractivity contribution < 1.29 is 4.79 Å². The number of nitrogens with zero attached hydrogens (tertiary/aromatic N) is 3. The summed E-state index contributed by atoms with van der Waals surface area (Å²) in [6, 6.07) is 15.4. The van der Waals surface area contributed by atoms with E-state index in [1.54, 1.807) is 11.1 Å². The molecule has 0 saturated heterocycles. The van der Waals surface area contributed by atoms with Crippen LogP contribution >= 0.6 is 0 Å². The number of carbonyl (C=O) groups is 1. The summed E-state index contributed by atoms with van der Waals surface area (Å²) in [5, 5.41) is 0.978. The van der Waals surface area contributed by atoms with Gasteiger partial charge >= 0.3 is 0 Å². The Bertz CT molecular complexity index is 844. The van der Waals surface area contributed by atoms with Crippen molar-refractivity contribution in [3.63, 3.8) is 0 Å². The van der Waals surface area contributed by atoms with Crippen molar-refractivity contribution in [2.75, 3.05) is 11.4 Å². The lowest BCUT2D eigenvalue weighted by Crippen LogP contribution is -2.38. The Morgan fingerprint density at radius 1 is 1.00 bits per heavy atom. The van der Waals surface area contributed by atoms with Crippen LogP contribution in [0.15, 0.2) is 54.7 Å². The summed E-state index contributed by atoms with van der Waals surface area (Å²) >= 11 is 0. The van der Waals surface area contributed by atoms with Crippen LogP contribution in [-0.2, 0) is 6.42 Å². The smallest absolute Gasteiger partial charge is 0.259 e. The van der Waals surface area contributed by atoms with Gasteiger partial charge in [0.15, 0.2) is 5.65 Å². The summed E-state index contributed by atoms with van der Waals surface area (Å²) in [5.41, 5.74) is 2.55. The fourth-order valence-electron chi connectivity index (χ4n) is 2.74. The Labute approximate surface area is 122 Å². The summed E-state index contributed by atoms with van der Waals surface area (Å²) in [6.45, 7) is 0.654. The van der Waals surface area contributed by atoms with E-state index in [-0.39, 0.29) is 5.91 Å². The van der Waals surface area contributed by atoms with E-state index in [1.807, 2.05) is 48.5 Å². The lowest BCUT2D eigenvalue weighted by Gasteiger charge is -2.27. The molecule has 1 aromatic carbocycles. The van der Waals surface area contributed by atoms with Crippen molar-refractivity contribution in [2.24, 2.45) is 0 Å². The SMILES string of the molecule is O=C1c2ccccc2CCN1c1ccc2cccnc2n1. The molecule has 0 bridgehead atoms. The molecule has 0 radical (unpaired) electrons. The molecule has 0 aliphatic carbocycles. The van der Waals surface area contributed by atoms with Gasteiger partial charge < -0.3 is 0 Å². The third kappa shape index (κ3) is 1.96. The van der Waals surface area contributed by atoms with Crippen LogP contribution in [0.4, 0.5) is 5.82 Å². The first kappa shape index (κ1) is 12.0. The maximum Gasteiger partial charge on any atom is 0.259 e. The van der Waals surface area contributed by atoms with E-state index in [9.17, 15) is 4.79 Å². The predicted molar refractivity (Wildman–Crippen MR) is 81.4 cm³/mol. The molecular formula is C17H13N3O. The zero-order chi connectivity index (χ0) is 14.2. The summed E-state index contributed by atoms with van der Waals surface area (Å²) in [4.78, 5) is 23.1. The standard InChI is InChI=1S/C17H13N3O/c21-17-14-6-2-1-4-12(14)9-11-20(17)15-8-7-13-5-3-10-18-16(13)19-15/h1-8,10H,9,11H2. The molecule has 0 atom stereocenters. The molecule has 102 valence electrons. The van der Waals surface area contributed by atoms with Crippen LogP contribution in [0.25, 0.3) is 11.0 Å². The second-order valence-electron chi connectivity index (χ2n) is 5.08. The molecule has 4 heteroatoms. The van der Waals surface area contributed by atoms with Crippen LogP contribution in [0.2, 0.25) is 0 Å². The van der Waals surface area contributed by atoms with Gasteiger partial charge in [0.1, 0.15) is 5.82 Å². The highest BCUT2D eigenvalue weighted by Crippen LogP contribution is 2.24. The molecule has 3 aromatic rings. The van der Waals surface area contributed by atoms with Crippen molar-refractivity contribution >= 4 is 22.8 Å². The number of anilines is 1. The fraction of sp³-hybridized carbons (Fsp3) is 0.118. The van der Waals surface area contributed by atoms with E-state index in [4.69, 9.17) is 0 Å². The normalized spacial score (nSPS) is 14.3. The van der Waals surface area contributed by atoms with Gasteiger partial charge in [-0.15, -0.1) is 0 Å². The minimum absolute atomic E-state index is 0.0135. The van der Waals surface area contributed by atoms with E-state index in [1.165, 1.54) is 0 Å². The molecule has 0 fully saturated rings. The quantitative estimate of drug-likeness (QED) is 0.686. The summed E-state index contributed by atoms with van der Waals surface area (Å²) in [7, 11) is 0. The van der Waals surface area contributed by atoms with Gasteiger partial charge in [-0.25, -0.2) is 9.97 Å². The number of amides is 1. The lowest BCUT2D eigenvalue weighted by atomic mass is 9.99. The Morgan fingerprint density at radius 2 is 1.90 bits per heavy atom. The van der Waals surface area contributed by atoms with E-state index in [0.29, 0.717) is 18.0 Å². The summed E-state index contributed by atoms with van der Waals surface area (Å²) < 4.78 is 0. The van der Waals surface area contributed by atoms with Crippen molar-refractivity contribution in [2.45, 2.75) is 6.42 Å². The molecule has 1 aliphatic heterocycles. The molecule has 4 nitrogen and oxygen atoms in total. The van der Waals surface area contributed by atoms with Crippen LogP contribution in [0.1, 0.15) is 15.9 Å². The van der Waals surface area contributed by atoms with E-state index in [2.05, 4.69) is 9.97 Å². The van der Waals surface area contributed by atoms with Gasteiger partial charge in [-0.3, -0.25) is 9.69 Å². The predicted octanol–water partition coefficient (Wildman–Crippen LogP) is 2.83. The first-order valence-corrected chi connectivity index (χ1v) is 6.94. The number of pyridine rings is 2. The molecule has 21 heavy (non-hydrogen) atoms. The molecule has 2 aromatic heterocycles. The van der Waals surface area contributed by atoms with Gasteiger partial charge in [0, 0.05) is 23.7 Å². The van der Waals surface area contributed by atoms with Crippen LogP contribution in [-0.4, -0.2) is 22.4 Å². The van der Waals surface area contributed by atoms with E-state index < -0.39 is 0 Å². The Hall–Kier alpha value is -2.75. The van der Waals surface area contributed by atoms with Gasteiger partial charge in [0.2, 0.25) is 0 Å². The van der Waals surface area contributed by atoms with Gasteiger partial charge in [0.05, 0.1) is 0 Å². The van der Waals surface area contributed by atoms with Gasteiger partial charge in [-0.2, -0.15) is 0 Å². The molecular weight excluding hydrogens is 262 g/mol. The average Bonchev–Trinajstić information content (AvgIpc) is 2.55. The number of rotatable bonds is 1. The molecule has 0 N–H and O–H groups in total. The van der Waals surface area contributed by atoms with Crippen molar-refractivity contribution in [1.29, 1.82) is 0 Å². The highest BCUT2D eigenvalue weighted by Gasteiger charge is 2.25. The largest absolute Gasteiger partial charge is 0.292 e. The monoisotopic (exact) mass is 275 g/mol. The minimum atomic E-state index is 0.0135. The number of fused-ring (bicyclic) bond motifs is 2. The van der Waals surface area contributed by atoms with E-state index in [0.717, 1.165) is 22.9 Å². The van der Waals surface area contributed by atoms with Crippen molar-refractivity contribution in [1.82, 2.24) is 9.97 Å². The van der Waals surface area contributed by atoms with Crippen molar-refractivity contribution in [3.05, 3.63) is 65.9 Å². The number of hydrogen-bond donors (Lipinski definition) is 0. The number of carbonyl (C=O) groups excluding carboxylic acids is 1. The van der Waals surface area contributed by atoms with Crippen molar-refractivity contribution in [3.8, 4) is 0 Å².